The number of fused-ring (bicyclic) bond motifs is 1. The van der Waals surface area contributed by atoms with Crippen LogP contribution in [0.15, 0.2) is 47.3 Å². The van der Waals surface area contributed by atoms with Crippen molar-refractivity contribution in [3.63, 3.8) is 0 Å². The third kappa shape index (κ3) is 3.91. The van der Waals surface area contributed by atoms with Crippen LogP contribution in [0.1, 0.15) is 25.5 Å². The summed E-state index contributed by atoms with van der Waals surface area (Å²) in [6.45, 7) is 5.88. The van der Waals surface area contributed by atoms with Crippen molar-refractivity contribution in [3.8, 4) is 5.75 Å². The Labute approximate surface area is 149 Å². The molecule has 1 amide bonds. The molecule has 1 heterocycles. The van der Waals surface area contributed by atoms with Crippen LogP contribution < -0.4 is 14.9 Å². The monoisotopic (exact) mass is 356 g/mol. The Bertz CT molecular complexity index is 955. The van der Waals surface area contributed by atoms with Crippen LogP contribution in [0.3, 0.4) is 0 Å². The average molecular weight is 356 g/mol. The minimum Gasteiger partial charge on any atom is -0.484 e. The van der Waals surface area contributed by atoms with Crippen LogP contribution in [0.5, 0.6) is 5.75 Å². The first-order chi connectivity index (χ1) is 11.9. The number of nitrogens with one attached hydrogen (secondary N) is 1. The average Bonchev–Trinajstić information content (AvgIpc) is 2.89. The molecule has 0 spiro atoms. The Morgan fingerprint density at radius 2 is 1.92 bits per heavy atom. The van der Waals surface area contributed by atoms with Crippen LogP contribution in [0, 0.1) is 6.92 Å². The number of benzene rings is 2. The van der Waals surface area contributed by atoms with Crippen molar-refractivity contribution >= 4 is 33.1 Å². The first kappa shape index (κ1) is 17.2. The molecule has 0 aliphatic rings. The molecule has 1 aromatic heterocycles. The summed E-state index contributed by atoms with van der Waals surface area (Å²) in [5.41, 5.74) is 2.68. The molecule has 0 aliphatic carbocycles. The highest BCUT2D eigenvalue weighted by molar-refractivity contribution is 7.16. The smallest absolute Gasteiger partial charge is 0.308 e. The molecule has 0 aliphatic heterocycles. The SMILES string of the molecule is Cc1ccc(OCC(=O)Nc2ccc3c(c2)sc(=O)n3C(C)C)cc1. The molecule has 0 bridgehead atoms. The Kier molecular flexibility index (Phi) is 4.90. The van der Waals surface area contributed by atoms with Crippen LogP contribution in [-0.4, -0.2) is 17.1 Å². The summed E-state index contributed by atoms with van der Waals surface area (Å²) in [5, 5.41) is 2.81. The maximum atomic E-state index is 12.1. The standard InChI is InChI=1S/C19H20N2O3S/c1-12(2)21-16-9-6-14(10-17(16)25-19(21)23)20-18(22)11-24-15-7-4-13(3)5-8-15/h4-10,12H,11H2,1-3H3,(H,20,22). The molecule has 0 unspecified atom stereocenters. The van der Waals surface area contributed by atoms with E-state index in [0.29, 0.717) is 11.4 Å². The zero-order valence-corrected chi connectivity index (χ0v) is 15.2. The number of ether oxygens (including phenoxy) is 1. The van der Waals surface area contributed by atoms with Gasteiger partial charge in [0.25, 0.3) is 5.91 Å². The first-order valence-corrected chi connectivity index (χ1v) is 8.90. The fraction of sp³-hybridized carbons (Fsp3) is 0.263. The van der Waals surface area contributed by atoms with E-state index in [1.54, 1.807) is 10.6 Å². The van der Waals surface area contributed by atoms with E-state index >= 15 is 0 Å². The molecule has 0 atom stereocenters. The molecule has 3 aromatic rings. The molecule has 0 radical (unpaired) electrons. The normalized spacial score (nSPS) is 11.0. The van der Waals surface area contributed by atoms with Crippen molar-refractivity contribution in [2.45, 2.75) is 26.8 Å². The van der Waals surface area contributed by atoms with Crippen LogP contribution in [0.4, 0.5) is 5.69 Å². The highest BCUT2D eigenvalue weighted by atomic mass is 32.1. The molecule has 3 rings (SSSR count). The van der Waals surface area contributed by atoms with Crippen molar-refractivity contribution in [1.29, 1.82) is 0 Å². The third-order valence-electron chi connectivity index (χ3n) is 3.80. The Hall–Kier alpha value is -2.60. The van der Waals surface area contributed by atoms with Gasteiger partial charge in [0.05, 0.1) is 10.2 Å². The van der Waals surface area contributed by atoms with E-state index < -0.39 is 0 Å². The maximum absolute atomic E-state index is 12.1. The van der Waals surface area contributed by atoms with Crippen LogP contribution in [-0.2, 0) is 4.79 Å². The quantitative estimate of drug-likeness (QED) is 0.752. The molecule has 2 aromatic carbocycles. The number of carbonyl (C=O) groups is 1. The largest absolute Gasteiger partial charge is 0.484 e. The number of nitrogens with zero attached hydrogens (tertiary/aromatic N) is 1. The van der Waals surface area contributed by atoms with Crippen LogP contribution in [0.25, 0.3) is 10.2 Å². The van der Waals surface area contributed by atoms with Gasteiger partial charge in [-0.25, -0.2) is 0 Å². The molecule has 5 nitrogen and oxygen atoms in total. The molecule has 1 N–H and O–H groups in total. The molecule has 25 heavy (non-hydrogen) atoms. The third-order valence-corrected chi connectivity index (χ3v) is 4.72. The van der Waals surface area contributed by atoms with Gasteiger partial charge in [-0.05, 0) is 51.1 Å². The fourth-order valence-corrected chi connectivity index (χ4v) is 3.64. The number of rotatable bonds is 5. The van der Waals surface area contributed by atoms with Gasteiger partial charge in [0, 0.05) is 11.7 Å². The van der Waals surface area contributed by atoms with Gasteiger partial charge in [-0.15, -0.1) is 0 Å². The van der Waals surface area contributed by atoms with E-state index in [2.05, 4.69) is 5.32 Å². The van der Waals surface area contributed by atoms with Crippen molar-refractivity contribution in [3.05, 3.63) is 57.7 Å². The van der Waals surface area contributed by atoms with Gasteiger partial charge in [0.2, 0.25) is 0 Å². The highest BCUT2D eigenvalue weighted by Crippen LogP contribution is 2.24. The fourth-order valence-electron chi connectivity index (χ4n) is 2.58. The van der Waals surface area contributed by atoms with Crippen molar-refractivity contribution < 1.29 is 9.53 Å². The number of thiazole rings is 1. The van der Waals surface area contributed by atoms with E-state index in [1.807, 2.05) is 57.2 Å². The number of hydrogen-bond donors (Lipinski definition) is 1. The summed E-state index contributed by atoms with van der Waals surface area (Å²) in [6.07, 6.45) is 0. The first-order valence-electron chi connectivity index (χ1n) is 8.08. The molecular weight excluding hydrogens is 336 g/mol. The molecule has 0 saturated heterocycles. The predicted octanol–water partition coefficient (Wildman–Crippen LogP) is 3.97. The van der Waals surface area contributed by atoms with Crippen LogP contribution >= 0.6 is 11.3 Å². The van der Waals surface area contributed by atoms with Gasteiger partial charge in [0.1, 0.15) is 5.75 Å². The molecule has 0 saturated carbocycles. The van der Waals surface area contributed by atoms with Crippen molar-refractivity contribution in [2.75, 3.05) is 11.9 Å². The minimum absolute atomic E-state index is 0.0104. The van der Waals surface area contributed by atoms with Crippen molar-refractivity contribution in [1.82, 2.24) is 4.57 Å². The second kappa shape index (κ2) is 7.11. The Morgan fingerprint density at radius 3 is 2.60 bits per heavy atom. The summed E-state index contributed by atoms with van der Waals surface area (Å²) >= 11 is 1.18. The van der Waals surface area contributed by atoms with E-state index in [1.165, 1.54) is 11.3 Å². The number of carbonyl (C=O) groups excluding carboxylic acids is 1. The van der Waals surface area contributed by atoms with Gasteiger partial charge in [0.15, 0.2) is 6.61 Å². The Balaban J connectivity index is 1.69. The number of anilines is 1. The highest BCUT2D eigenvalue weighted by Gasteiger charge is 2.11. The zero-order chi connectivity index (χ0) is 18.0. The summed E-state index contributed by atoms with van der Waals surface area (Å²) < 4.78 is 8.09. The number of aryl methyl sites for hydroxylation is 1. The summed E-state index contributed by atoms with van der Waals surface area (Å²) in [4.78, 5) is 24.2. The lowest BCUT2D eigenvalue weighted by Gasteiger charge is -2.09. The molecular formula is C19H20N2O3S. The maximum Gasteiger partial charge on any atom is 0.308 e. The zero-order valence-electron chi connectivity index (χ0n) is 14.4. The lowest BCUT2D eigenvalue weighted by Crippen LogP contribution is -2.20. The summed E-state index contributed by atoms with van der Waals surface area (Å²) in [6, 6.07) is 13.1. The number of amides is 1. The second-order valence-electron chi connectivity index (χ2n) is 6.16. The predicted molar refractivity (Wildman–Crippen MR) is 102 cm³/mol. The van der Waals surface area contributed by atoms with Gasteiger partial charge < -0.3 is 10.1 Å². The molecule has 130 valence electrons. The lowest BCUT2D eigenvalue weighted by atomic mass is 10.2. The van der Waals surface area contributed by atoms with Crippen molar-refractivity contribution in [2.24, 2.45) is 0 Å². The van der Waals surface area contributed by atoms with Gasteiger partial charge in [-0.3, -0.25) is 14.2 Å². The summed E-state index contributed by atoms with van der Waals surface area (Å²) in [7, 11) is 0. The van der Waals surface area contributed by atoms with Gasteiger partial charge >= 0.3 is 4.87 Å². The summed E-state index contributed by atoms with van der Waals surface area (Å²) in [5.74, 6) is 0.416. The minimum atomic E-state index is -0.240. The van der Waals surface area contributed by atoms with E-state index in [9.17, 15) is 9.59 Å². The Morgan fingerprint density at radius 1 is 1.20 bits per heavy atom. The topological polar surface area (TPSA) is 60.3 Å². The van der Waals surface area contributed by atoms with E-state index in [0.717, 1.165) is 15.8 Å². The number of hydrogen-bond acceptors (Lipinski definition) is 4. The van der Waals surface area contributed by atoms with E-state index in [-0.39, 0.29) is 23.4 Å². The molecule has 6 heteroatoms. The second-order valence-corrected chi connectivity index (χ2v) is 7.16. The van der Waals surface area contributed by atoms with E-state index in [4.69, 9.17) is 4.74 Å². The van der Waals surface area contributed by atoms with Crippen LogP contribution in [0.2, 0.25) is 0 Å². The molecule has 0 fully saturated rings. The lowest BCUT2D eigenvalue weighted by molar-refractivity contribution is -0.118. The van der Waals surface area contributed by atoms with Gasteiger partial charge in [-0.2, -0.15) is 0 Å². The van der Waals surface area contributed by atoms with Gasteiger partial charge in [-0.1, -0.05) is 29.0 Å². The number of aromatic nitrogens is 1.